The van der Waals surface area contributed by atoms with E-state index in [2.05, 4.69) is 27.7 Å². The van der Waals surface area contributed by atoms with E-state index in [9.17, 15) is 0 Å². The molecular weight excluding hydrogens is 284 g/mol. The molecule has 0 spiro atoms. The summed E-state index contributed by atoms with van der Waals surface area (Å²) < 4.78 is 6.31. The van der Waals surface area contributed by atoms with Crippen LogP contribution in [-0.4, -0.2) is 14.9 Å². The third-order valence-corrected chi connectivity index (χ3v) is 10.0. The molecule has 0 bridgehead atoms. The summed E-state index contributed by atoms with van der Waals surface area (Å²) in [4.78, 5) is 0. The Kier molecular flexibility index (Phi) is 16.2. The zero-order chi connectivity index (χ0) is 16.5. The summed E-state index contributed by atoms with van der Waals surface area (Å²) in [6, 6.07) is 3.87. The van der Waals surface area contributed by atoms with Crippen LogP contribution in [0.4, 0.5) is 0 Å². The molecule has 0 saturated heterocycles. The Bertz CT molecular complexity index is 205. The van der Waals surface area contributed by atoms with Crippen LogP contribution in [0.1, 0.15) is 105 Å². The molecule has 0 rings (SSSR count). The van der Waals surface area contributed by atoms with Crippen molar-refractivity contribution >= 4 is 8.32 Å². The second-order valence-electron chi connectivity index (χ2n) is 6.98. The lowest BCUT2D eigenvalue weighted by molar-refractivity contribution is 0.287. The molecule has 0 aromatic heterocycles. The number of unbranched alkanes of at least 4 members (excludes halogenated alkanes) is 11. The van der Waals surface area contributed by atoms with Crippen LogP contribution < -0.4 is 0 Å². The van der Waals surface area contributed by atoms with Gasteiger partial charge >= 0.3 is 0 Å². The van der Waals surface area contributed by atoms with Crippen molar-refractivity contribution in [3.63, 3.8) is 0 Å². The van der Waals surface area contributed by atoms with Crippen molar-refractivity contribution in [1.82, 2.24) is 0 Å². The molecular formula is C20H44OSi. The van der Waals surface area contributed by atoms with Crippen LogP contribution in [0.25, 0.3) is 0 Å². The van der Waals surface area contributed by atoms with E-state index in [0.29, 0.717) is 0 Å². The highest BCUT2D eigenvalue weighted by molar-refractivity contribution is 6.73. The molecule has 0 aromatic rings. The first-order chi connectivity index (χ1) is 10.7. The molecule has 134 valence electrons. The Labute approximate surface area is 142 Å². The SMILES string of the molecule is CCCCCCCCCCCCCCO[Si](CC)(CC)CC. The van der Waals surface area contributed by atoms with Crippen LogP contribution in [0, 0.1) is 0 Å². The van der Waals surface area contributed by atoms with Crippen LogP contribution in [0.2, 0.25) is 18.1 Å². The van der Waals surface area contributed by atoms with E-state index >= 15 is 0 Å². The molecule has 0 aliphatic heterocycles. The predicted octanol–water partition coefficient (Wildman–Crippen LogP) is 7.71. The number of hydrogen-bond donors (Lipinski definition) is 0. The van der Waals surface area contributed by atoms with E-state index < -0.39 is 8.32 Å². The molecule has 0 aliphatic rings. The van der Waals surface area contributed by atoms with Crippen molar-refractivity contribution in [3.8, 4) is 0 Å². The summed E-state index contributed by atoms with van der Waals surface area (Å²) in [7, 11) is -1.32. The van der Waals surface area contributed by atoms with Gasteiger partial charge in [0.05, 0.1) is 0 Å². The summed E-state index contributed by atoms with van der Waals surface area (Å²) in [6.07, 6.45) is 17.1. The fraction of sp³-hybridized carbons (Fsp3) is 1.00. The Morgan fingerprint density at radius 3 is 1.23 bits per heavy atom. The van der Waals surface area contributed by atoms with E-state index in [-0.39, 0.29) is 0 Å². The van der Waals surface area contributed by atoms with Crippen LogP contribution in [0.5, 0.6) is 0 Å². The van der Waals surface area contributed by atoms with Crippen molar-refractivity contribution in [3.05, 3.63) is 0 Å². The highest BCUT2D eigenvalue weighted by atomic mass is 28.4. The van der Waals surface area contributed by atoms with Gasteiger partial charge < -0.3 is 4.43 Å². The molecule has 0 saturated carbocycles. The zero-order valence-corrected chi connectivity index (χ0v) is 17.2. The van der Waals surface area contributed by atoms with Crippen LogP contribution >= 0.6 is 0 Å². The van der Waals surface area contributed by atoms with E-state index in [4.69, 9.17) is 4.43 Å². The summed E-state index contributed by atoms with van der Waals surface area (Å²) in [6.45, 7) is 10.3. The molecule has 0 aromatic carbocycles. The van der Waals surface area contributed by atoms with Crippen molar-refractivity contribution in [2.24, 2.45) is 0 Å². The Hall–Kier alpha value is 0.177. The second-order valence-corrected chi connectivity index (χ2v) is 11.8. The molecule has 1 nitrogen and oxygen atoms in total. The van der Waals surface area contributed by atoms with E-state index in [1.54, 1.807) is 0 Å². The van der Waals surface area contributed by atoms with Crippen molar-refractivity contribution in [1.29, 1.82) is 0 Å². The molecule has 0 heterocycles. The summed E-state index contributed by atoms with van der Waals surface area (Å²) in [5, 5.41) is 0. The van der Waals surface area contributed by atoms with Crippen molar-refractivity contribution in [2.75, 3.05) is 6.61 Å². The number of rotatable bonds is 17. The summed E-state index contributed by atoms with van der Waals surface area (Å²) >= 11 is 0. The molecule has 0 N–H and O–H groups in total. The minimum absolute atomic E-state index is 1.03. The first-order valence-corrected chi connectivity index (χ1v) is 12.9. The molecule has 0 amide bonds. The highest BCUT2D eigenvalue weighted by Gasteiger charge is 2.27. The maximum absolute atomic E-state index is 6.31. The Morgan fingerprint density at radius 1 is 0.500 bits per heavy atom. The standard InChI is InChI=1S/C20H44OSi/c1-5-9-10-11-12-13-14-15-16-17-18-19-20-21-22(6-2,7-3)8-4/h5-20H2,1-4H3. The van der Waals surface area contributed by atoms with Gasteiger partial charge in [0.2, 0.25) is 0 Å². The summed E-state index contributed by atoms with van der Waals surface area (Å²) in [5.41, 5.74) is 0. The maximum Gasteiger partial charge on any atom is 0.191 e. The third-order valence-electron chi connectivity index (χ3n) is 5.34. The van der Waals surface area contributed by atoms with Gasteiger partial charge in [-0.3, -0.25) is 0 Å². The molecule has 0 atom stereocenters. The quantitative estimate of drug-likeness (QED) is 0.196. The van der Waals surface area contributed by atoms with Gasteiger partial charge in [-0.25, -0.2) is 0 Å². The minimum atomic E-state index is -1.32. The predicted molar refractivity (Wildman–Crippen MR) is 104 cm³/mol. The lowest BCUT2D eigenvalue weighted by Crippen LogP contribution is -2.36. The highest BCUT2D eigenvalue weighted by Crippen LogP contribution is 2.22. The second kappa shape index (κ2) is 16.0. The van der Waals surface area contributed by atoms with E-state index in [0.717, 1.165) is 6.61 Å². The lowest BCUT2D eigenvalue weighted by Gasteiger charge is -2.27. The van der Waals surface area contributed by atoms with Crippen LogP contribution in [0.3, 0.4) is 0 Å². The van der Waals surface area contributed by atoms with Gasteiger partial charge in [-0.05, 0) is 24.6 Å². The summed E-state index contributed by atoms with van der Waals surface area (Å²) in [5.74, 6) is 0. The lowest BCUT2D eigenvalue weighted by atomic mass is 10.1. The third kappa shape index (κ3) is 11.7. The first-order valence-electron chi connectivity index (χ1n) is 10.4. The first kappa shape index (κ1) is 22.2. The van der Waals surface area contributed by atoms with Gasteiger partial charge in [0.15, 0.2) is 8.32 Å². The van der Waals surface area contributed by atoms with Gasteiger partial charge in [-0.15, -0.1) is 0 Å². The van der Waals surface area contributed by atoms with E-state index in [1.165, 1.54) is 95.2 Å². The average Bonchev–Trinajstić information content (AvgIpc) is 2.56. The van der Waals surface area contributed by atoms with Crippen LogP contribution in [-0.2, 0) is 4.43 Å². The van der Waals surface area contributed by atoms with Crippen LogP contribution in [0.15, 0.2) is 0 Å². The normalized spacial score (nSPS) is 12.0. The van der Waals surface area contributed by atoms with Crippen molar-refractivity contribution < 1.29 is 4.43 Å². The maximum atomic E-state index is 6.31. The molecule has 0 aliphatic carbocycles. The fourth-order valence-electron chi connectivity index (χ4n) is 3.29. The Morgan fingerprint density at radius 2 is 0.864 bits per heavy atom. The minimum Gasteiger partial charge on any atom is -0.417 e. The fourth-order valence-corrected chi connectivity index (χ4v) is 5.98. The smallest absolute Gasteiger partial charge is 0.191 e. The zero-order valence-electron chi connectivity index (χ0n) is 16.2. The number of hydrogen-bond acceptors (Lipinski definition) is 1. The van der Waals surface area contributed by atoms with Gasteiger partial charge in [0.1, 0.15) is 0 Å². The molecule has 22 heavy (non-hydrogen) atoms. The van der Waals surface area contributed by atoms with Gasteiger partial charge in [-0.2, -0.15) is 0 Å². The largest absolute Gasteiger partial charge is 0.417 e. The average molecular weight is 329 g/mol. The topological polar surface area (TPSA) is 9.23 Å². The molecule has 0 unspecified atom stereocenters. The van der Waals surface area contributed by atoms with Gasteiger partial charge in [0.25, 0.3) is 0 Å². The molecule has 2 heteroatoms. The Balaban J connectivity index is 3.27. The monoisotopic (exact) mass is 328 g/mol. The van der Waals surface area contributed by atoms with Gasteiger partial charge in [-0.1, -0.05) is 98.3 Å². The molecule has 0 fully saturated rings. The van der Waals surface area contributed by atoms with Gasteiger partial charge in [0, 0.05) is 6.61 Å². The van der Waals surface area contributed by atoms with Crippen molar-refractivity contribution in [2.45, 2.75) is 123 Å². The van der Waals surface area contributed by atoms with E-state index in [1.807, 2.05) is 0 Å². The molecule has 0 radical (unpaired) electrons.